The van der Waals surface area contributed by atoms with Crippen molar-refractivity contribution in [3.05, 3.63) is 58.6 Å². The zero-order valence-corrected chi connectivity index (χ0v) is 12.2. The highest BCUT2D eigenvalue weighted by molar-refractivity contribution is 7.08. The minimum atomic E-state index is -1.20. The molecule has 3 aromatic rings. The van der Waals surface area contributed by atoms with Crippen LogP contribution in [0.1, 0.15) is 17.9 Å². The van der Waals surface area contributed by atoms with Gasteiger partial charge < -0.3 is 14.4 Å². The molecule has 2 heterocycles. The molecule has 2 aromatic heterocycles. The fraction of sp³-hybridized carbons (Fsp3) is 0.0625. The van der Waals surface area contributed by atoms with Gasteiger partial charge in [-0.25, -0.2) is 0 Å². The summed E-state index contributed by atoms with van der Waals surface area (Å²) in [5.74, 6) is -0.569. The average Bonchev–Trinajstić information content (AvgIpc) is 3.18. The minimum Gasteiger partial charge on any atom is -0.550 e. The molecule has 1 aromatic carbocycles. The summed E-state index contributed by atoms with van der Waals surface area (Å²) < 4.78 is 5.21. The number of benzene rings is 1. The molecular weight excluding hydrogens is 300 g/mol. The van der Waals surface area contributed by atoms with E-state index in [2.05, 4.69) is 10.1 Å². The average molecular weight is 311 g/mol. The molecule has 0 amide bonds. The monoisotopic (exact) mass is 311 g/mol. The van der Waals surface area contributed by atoms with E-state index in [1.807, 2.05) is 47.2 Å². The highest BCUT2D eigenvalue weighted by Crippen LogP contribution is 2.24. The third kappa shape index (κ3) is 3.29. The van der Waals surface area contributed by atoms with Crippen molar-refractivity contribution >= 4 is 29.0 Å². The molecule has 0 bridgehead atoms. The Morgan fingerprint density at radius 1 is 1.27 bits per heavy atom. The number of carbonyl (C=O) groups excluding carboxylic acids is 1. The lowest BCUT2D eigenvalue weighted by molar-refractivity contribution is -0.304. The van der Waals surface area contributed by atoms with Crippen molar-refractivity contribution in [2.45, 2.75) is 6.42 Å². The van der Waals surface area contributed by atoms with Crippen LogP contribution in [0.2, 0.25) is 0 Å². The van der Waals surface area contributed by atoms with Crippen LogP contribution in [-0.2, 0) is 4.79 Å². The van der Waals surface area contributed by atoms with Crippen LogP contribution in [0.25, 0.3) is 23.0 Å². The van der Waals surface area contributed by atoms with Gasteiger partial charge in [-0.3, -0.25) is 0 Å². The first kappa shape index (κ1) is 14.2. The van der Waals surface area contributed by atoms with E-state index in [1.54, 1.807) is 6.08 Å². The van der Waals surface area contributed by atoms with Crippen molar-refractivity contribution in [1.29, 1.82) is 0 Å². The Balaban J connectivity index is 1.96. The Morgan fingerprint density at radius 3 is 2.77 bits per heavy atom. The molecule has 0 fully saturated rings. The van der Waals surface area contributed by atoms with Crippen molar-refractivity contribution in [2.75, 3.05) is 0 Å². The molecule has 0 saturated heterocycles. The van der Waals surface area contributed by atoms with Crippen molar-refractivity contribution < 1.29 is 14.4 Å². The zero-order valence-electron chi connectivity index (χ0n) is 11.4. The van der Waals surface area contributed by atoms with Gasteiger partial charge in [-0.15, -0.1) is 0 Å². The second kappa shape index (κ2) is 6.36. The number of aromatic nitrogens is 2. The summed E-state index contributed by atoms with van der Waals surface area (Å²) >= 11 is 1.52. The summed E-state index contributed by atoms with van der Waals surface area (Å²) in [6.45, 7) is 0. The summed E-state index contributed by atoms with van der Waals surface area (Å²) in [7, 11) is 0. The van der Waals surface area contributed by atoms with Gasteiger partial charge in [-0.1, -0.05) is 35.5 Å². The van der Waals surface area contributed by atoms with Gasteiger partial charge in [-0.05, 0) is 23.1 Å². The normalized spacial score (nSPS) is 11.5. The van der Waals surface area contributed by atoms with Crippen molar-refractivity contribution in [3.63, 3.8) is 0 Å². The summed E-state index contributed by atoms with van der Waals surface area (Å²) in [4.78, 5) is 15.2. The summed E-state index contributed by atoms with van der Waals surface area (Å²) in [5.41, 5.74) is 2.11. The predicted octanol–water partition coefficient (Wildman–Crippen LogP) is 2.48. The molecular formula is C16H11N2O3S-. The lowest BCUT2D eigenvalue weighted by Crippen LogP contribution is -2.22. The second-order valence-corrected chi connectivity index (χ2v) is 5.34. The second-order valence-electron chi connectivity index (χ2n) is 4.56. The lowest BCUT2D eigenvalue weighted by atomic mass is 10.1. The molecule has 0 unspecified atom stereocenters. The largest absolute Gasteiger partial charge is 0.550 e. The molecule has 0 aliphatic heterocycles. The van der Waals surface area contributed by atoms with E-state index in [1.165, 1.54) is 11.3 Å². The summed E-state index contributed by atoms with van der Waals surface area (Å²) in [5, 5.41) is 18.7. The van der Waals surface area contributed by atoms with Crippen molar-refractivity contribution in [2.24, 2.45) is 0 Å². The van der Waals surface area contributed by atoms with Crippen LogP contribution in [0.15, 0.2) is 51.7 Å². The number of carboxylic acids is 1. The number of hydrogen-bond acceptors (Lipinski definition) is 6. The zero-order chi connectivity index (χ0) is 15.4. The predicted molar refractivity (Wildman–Crippen MR) is 81.5 cm³/mol. The maximum absolute atomic E-state index is 11.0. The third-order valence-electron chi connectivity index (χ3n) is 2.96. The molecule has 0 aliphatic carbocycles. The molecule has 22 heavy (non-hydrogen) atoms. The molecule has 0 radical (unpaired) electrons. The molecule has 6 heteroatoms. The van der Waals surface area contributed by atoms with Crippen LogP contribution in [0.3, 0.4) is 0 Å². The number of aliphatic carboxylic acids is 1. The first-order valence-corrected chi connectivity index (χ1v) is 7.49. The van der Waals surface area contributed by atoms with E-state index < -0.39 is 5.97 Å². The van der Waals surface area contributed by atoms with Crippen molar-refractivity contribution in [3.8, 4) is 11.4 Å². The van der Waals surface area contributed by atoms with Crippen LogP contribution >= 0.6 is 11.3 Å². The van der Waals surface area contributed by atoms with E-state index in [0.717, 1.165) is 11.1 Å². The molecule has 0 atom stereocenters. The van der Waals surface area contributed by atoms with Gasteiger partial charge in [0.2, 0.25) is 5.82 Å². The molecule has 0 N–H and O–H groups in total. The Bertz CT molecular complexity index is 792. The summed E-state index contributed by atoms with van der Waals surface area (Å²) in [6.07, 6.45) is 1.42. The maximum Gasteiger partial charge on any atom is 0.254 e. The van der Waals surface area contributed by atoms with E-state index >= 15 is 0 Å². The van der Waals surface area contributed by atoms with Gasteiger partial charge in [0.25, 0.3) is 5.89 Å². The van der Waals surface area contributed by atoms with Gasteiger partial charge in [0, 0.05) is 28.9 Å². The molecule has 0 spiro atoms. The number of rotatable bonds is 5. The number of nitrogens with zero attached hydrogens (tertiary/aromatic N) is 2. The SMILES string of the molecule is O=C([O-])C/C(=C\c1ccccc1)c1nc(-c2ccsc2)no1. The molecule has 0 saturated carbocycles. The van der Waals surface area contributed by atoms with Gasteiger partial charge in [0.15, 0.2) is 0 Å². The van der Waals surface area contributed by atoms with Gasteiger partial charge in [-0.2, -0.15) is 16.3 Å². The summed E-state index contributed by atoms with van der Waals surface area (Å²) in [6, 6.07) is 11.2. The molecule has 0 aliphatic rings. The van der Waals surface area contributed by atoms with E-state index in [4.69, 9.17) is 4.52 Å². The molecule has 5 nitrogen and oxygen atoms in total. The Hall–Kier alpha value is -2.73. The Labute approximate surface area is 130 Å². The van der Waals surface area contributed by atoms with Gasteiger partial charge in [0.1, 0.15) is 0 Å². The Morgan fingerprint density at radius 2 is 2.09 bits per heavy atom. The first-order chi connectivity index (χ1) is 10.7. The quantitative estimate of drug-likeness (QED) is 0.723. The van der Waals surface area contributed by atoms with Crippen molar-refractivity contribution in [1.82, 2.24) is 10.1 Å². The standard InChI is InChI=1S/C16H12N2O3S/c19-14(20)9-13(8-11-4-2-1-3-5-11)16-17-15(18-21-16)12-6-7-22-10-12/h1-8,10H,9H2,(H,19,20)/p-1/b13-8+. The van der Waals surface area contributed by atoms with Crippen LogP contribution in [0.5, 0.6) is 0 Å². The highest BCUT2D eigenvalue weighted by atomic mass is 32.1. The smallest absolute Gasteiger partial charge is 0.254 e. The van der Waals surface area contributed by atoms with Crippen LogP contribution in [0.4, 0.5) is 0 Å². The van der Waals surface area contributed by atoms with Crippen LogP contribution in [-0.4, -0.2) is 16.1 Å². The topological polar surface area (TPSA) is 79.0 Å². The van der Waals surface area contributed by atoms with E-state index in [-0.39, 0.29) is 12.3 Å². The first-order valence-electron chi connectivity index (χ1n) is 6.54. The fourth-order valence-corrected chi connectivity index (χ4v) is 2.59. The number of hydrogen-bond donors (Lipinski definition) is 0. The van der Waals surface area contributed by atoms with Gasteiger partial charge >= 0.3 is 0 Å². The van der Waals surface area contributed by atoms with Crippen LogP contribution in [0, 0.1) is 0 Å². The maximum atomic E-state index is 11.0. The molecule has 110 valence electrons. The minimum absolute atomic E-state index is 0.189. The fourth-order valence-electron chi connectivity index (χ4n) is 1.96. The molecule has 3 rings (SSSR count). The van der Waals surface area contributed by atoms with E-state index in [0.29, 0.717) is 11.4 Å². The van der Waals surface area contributed by atoms with Crippen LogP contribution < -0.4 is 5.11 Å². The lowest BCUT2D eigenvalue weighted by Gasteiger charge is -2.04. The highest BCUT2D eigenvalue weighted by Gasteiger charge is 2.13. The van der Waals surface area contributed by atoms with Gasteiger partial charge in [0.05, 0.1) is 0 Å². The number of thiophene rings is 1. The third-order valence-corrected chi connectivity index (χ3v) is 3.64. The number of carboxylic acid groups (broad SMARTS) is 1. The van der Waals surface area contributed by atoms with E-state index in [9.17, 15) is 9.90 Å². The number of carbonyl (C=O) groups is 1. The Kier molecular flexibility index (Phi) is 4.11.